The van der Waals surface area contributed by atoms with E-state index < -0.39 is 14.9 Å². The highest BCUT2D eigenvalue weighted by molar-refractivity contribution is 7.89. The Bertz CT molecular complexity index is 1240. The van der Waals surface area contributed by atoms with E-state index in [4.69, 9.17) is 10.00 Å². The second-order valence-electron chi connectivity index (χ2n) is 8.36. The first-order valence-electron chi connectivity index (χ1n) is 11.2. The predicted octanol–water partition coefficient (Wildman–Crippen LogP) is 2.34. The minimum Gasteiger partial charge on any atom is -0.379 e. The number of anilines is 2. The van der Waals surface area contributed by atoms with Gasteiger partial charge in [-0.15, -0.1) is 0 Å². The van der Waals surface area contributed by atoms with Gasteiger partial charge in [-0.05, 0) is 49.2 Å². The molecular weight excluding hydrogens is 474 g/mol. The summed E-state index contributed by atoms with van der Waals surface area (Å²) in [4.78, 5) is 25.6. The van der Waals surface area contributed by atoms with E-state index in [1.807, 2.05) is 11.0 Å². The van der Waals surface area contributed by atoms with Crippen LogP contribution in [0, 0.1) is 27.4 Å². The molecule has 2 aliphatic rings. The molecule has 2 aromatic carbocycles. The Kier molecular flexibility index (Phi) is 7.30. The molecule has 2 heterocycles. The molecule has 0 saturated carbocycles. The van der Waals surface area contributed by atoms with Gasteiger partial charge in [0.2, 0.25) is 15.9 Å². The Hall–Kier alpha value is -3.53. The van der Waals surface area contributed by atoms with Crippen LogP contribution in [0.3, 0.4) is 0 Å². The molecular formula is C23H25N5O6S. The number of ether oxygens (including phenoxy) is 1. The van der Waals surface area contributed by atoms with Crippen molar-refractivity contribution in [3.05, 3.63) is 58.1 Å². The van der Waals surface area contributed by atoms with Crippen LogP contribution in [0.25, 0.3) is 0 Å². The molecule has 4 rings (SSSR count). The molecule has 11 nitrogen and oxygen atoms in total. The van der Waals surface area contributed by atoms with E-state index in [1.165, 1.54) is 16.4 Å². The molecule has 35 heavy (non-hydrogen) atoms. The molecule has 0 unspecified atom stereocenters. The van der Waals surface area contributed by atoms with E-state index >= 15 is 0 Å². The zero-order valence-corrected chi connectivity index (χ0v) is 19.7. The minimum atomic E-state index is -3.86. The number of carbonyl (C=O) groups excluding carboxylic acids is 1. The molecule has 0 spiro atoms. The maximum atomic E-state index is 12.9. The van der Waals surface area contributed by atoms with Crippen LogP contribution in [-0.2, 0) is 19.6 Å². The molecule has 1 N–H and O–H groups in total. The van der Waals surface area contributed by atoms with E-state index in [0.717, 1.165) is 6.07 Å². The number of rotatable bonds is 6. The van der Waals surface area contributed by atoms with Gasteiger partial charge in [-0.25, -0.2) is 8.42 Å². The summed E-state index contributed by atoms with van der Waals surface area (Å²) in [5.74, 6) is -0.405. The monoisotopic (exact) mass is 499 g/mol. The molecule has 2 aromatic rings. The van der Waals surface area contributed by atoms with Crippen LogP contribution < -0.4 is 10.2 Å². The van der Waals surface area contributed by atoms with Gasteiger partial charge in [0, 0.05) is 43.9 Å². The number of benzene rings is 2. The van der Waals surface area contributed by atoms with Crippen molar-refractivity contribution in [1.82, 2.24) is 4.31 Å². The Balaban J connectivity index is 1.44. The average Bonchev–Trinajstić information content (AvgIpc) is 2.89. The lowest BCUT2D eigenvalue weighted by Gasteiger charge is -2.33. The van der Waals surface area contributed by atoms with Gasteiger partial charge in [0.1, 0.15) is 5.69 Å². The van der Waals surface area contributed by atoms with Crippen molar-refractivity contribution in [1.29, 1.82) is 5.26 Å². The SMILES string of the molecule is N#Cc1ccc(NC(=O)C2CCN(c3ccc(S(=O)(=O)N4CCOCC4)cc3[N+](=O)[O-])CC2)cc1. The summed E-state index contributed by atoms with van der Waals surface area (Å²) in [6.07, 6.45) is 0.986. The molecule has 2 fully saturated rings. The number of piperidine rings is 1. The van der Waals surface area contributed by atoms with Crippen molar-refractivity contribution in [2.45, 2.75) is 17.7 Å². The summed E-state index contributed by atoms with van der Waals surface area (Å²) in [5.41, 5.74) is 1.16. The Morgan fingerprint density at radius 3 is 2.34 bits per heavy atom. The van der Waals surface area contributed by atoms with E-state index in [9.17, 15) is 23.3 Å². The van der Waals surface area contributed by atoms with Crippen molar-refractivity contribution < 1.29 is 22.9 Å². The first-order valence-corrected chi connectivity index (χ1v) is 12.7. The number of hydrogen-bond acceptors (Lipinski definition) is 8. The van der Waals surface area contributed by atoms with Crippen molar-refractivity contribution in [3.8, 4) is 6.07 Å². The van der Waals surface area contributed by atoms with E-state index in [0.29, 0.717) is 42.9 Å². The number of amides is 1. The normalized spacial score (nSPS) is 17.5. The van der Waals surface area contributed by atoms with Crippen LogP contribution >= 0.6 is 0 Å². The molecule has 2 saturated heterocycles. The minimum absolute atomic E-state index is 0.119. The molecule has 0 radical (unpaired) electrons. The van der Waals surface area contributed by atoms with E-state index in [1.54, 1.807) is 24.3 Å². The fourth-order valence-corrected chi connectivity index (χ4v) is 5.70. The van der Waals surface area contributed by atoms with Crippen LogP contribution in [0.4, 0.5) is 17.1 Å². The largest absolute Gasteiger partial charge is 0.379 e. The first-order chi connectivity index (χ1) is 16.8. The van der Waals surface area contributed by atoms with Crippen molar-refractivity contribution >= 4 is 33.0 Å². The number of nitrogens with zero attached hydrogens (tertiary/aromatic N) is 4. The van der Waals surface area contributed by atoms with Gasteiger partial charge in [0.15, 0.2) is 0 Å². The lowest BCUT2D eigenvalue weighted by molar-refractivity contribution is -0.384. The maximum absolute atomic E-state index is 12.9. The smallest absolute Gasteiger partial charge is 0.293 e. The summed E-state index contributed by atoms with van der Waals surface area (Å²) in [6, 6.07) is 12.6. The molecule has 0 aliphatic carbocycles. The molecule has 0 bridgehead atoms. The van der Waals surface area contributed by atoms with Gasteiger partial charge in [-0.2, -0.15) is 9.57 Å². The lowest BCUT2D eigenvalue weighted by atomic mass is 9.95. The van der Waals surface area contributed by atoms with Gasteiger partial charge in [0.05, 0.1) is 34.7 Å². The van der Waals surface area contributed by atoms with Gasteiger partial charge in [0.25, 0.3) is 5.69 Å². The topological polar surface area (TPSA) is 146 Å². The van der Waals surface area contributed by atoms with Crippen molar-refractivity contribution in [2.24, 2.45) is 5.92 Å². The number of sulfonamides is 1. The second-order valence-corrected chi connectivity index (χ2v) is 10.3. The number of nitrogens with one attached hydrogen (secondary N) is 1. The third-order valence-electron chi connectivity index (χ3n) is 6.24. The van der Waals surface area contributed by atoms with E-state index in [-0.39, 0.29) is 48.7 Å². The van der Waals surface area contributed by atoms with Crippen molar-refractivity contribution in [3.63, 3.8) is 0 Å². The second kappa shape index (κ2) is 10.4. The summed E-state index contributed by atoms with van der Waals surface area (Å²) in [7, 11) is -3.86. The first kappa shape index (κ1) is 24.6. The molecule has 1 amide bonds. The lowest BCUT2D eigenvalue weighted by Crippen LogP contribution is -2.40. The maximum Gasteiger partial charge on any atom is 0.293 e. The number of morpholine rings is 1. The van der Waals surface area contributed by atoms with Gasteiger partial charge < -0.3 is 15.0 Å². The zero-order chi connectivity index (χ0) is 25.0. The van der Waals surface area contributed by atoms with Crippen LogP contribution in [0.15, 0.2) is 47.4 Å². The average molecular weight is 500 g/mol. The summed E-state index contributed by atoms with van der Waals surface area (Å²) >= 11 is 0. The molecule has 0 atom stereocenters. The molecule has 184 valence electrons. The number of hydrogen-bond donors (Lipinski definition) is 1. The van der Waals surface area contributed by atoms with E-state index in [2.05, 4.69) is 5.32 Å². The molecule has 2 aliphatic heterocycles. The highest BCUT2D eigenvalue weighted by Crippen LogP contribution is 2.34. The number of nitro groups is 1. The van der Waals surface area contributed by atoms with Crippen LogP contribution in [0.2, 0.25) is 0 Å². The summed E-state index contributed by atoms with van der Waals surface area (Å²) in [6.45, 7) is 1.82. The number of carbonyl (C=O) groups is 1. The third kappa shape index (κ3) is 5.43. The Morgan fingerprint density at radius 1 is 1.09 bits per heavy atom. The molecule has 12 heteroatoms. The van der Waals surface area contributed by atoms with Gasteiger partial charge in [-0.3, -0.25) is 14.9 Å². The quantitative estimate of drug-likeness (QED) is 0.471. The summed E-state index contributed by atoms with van der Waals surface area (Å²) in [5, 5.41) is 23.5. The summed E-state index contributed by atoms with van der Waals surface area (Å²) < 4.78 is 32.3. The number of nitro benzene ring substituents is 1. The van der Waals surface area contributed by atoms with Gasteiger partial charge >= 0.3 is 0 Å². The fraction of sp³-hybridized carbons (Fsp3) is 0.391. The van der Waals surface area contributed by atoms with Crippen molar-refractivity contribution in [2.75, 3.05) is 49.6 Å². The fourth-order valence-electron chi connectivity index (χ4n) is 4.27. The van der Waals surface area contributed by atoms with Crippen LogP contribution in [-0.4, -0.2) is 62.9 Å². The van der Waals surface area contributed by atoms with Crippen LogP contribution in [0.5, 0.6) is 0 Å². The molecule has 0 aromatic heterocycles. The zero-order valence-electron chi connectivity index (χ0n) is 18.9. The standard InChI is InChI=1S/C23H25N5O6S/c24-16-17-1-3-19(4-2-17)25-23(29)18-7-9-26(10-8-18)21-6-5-20(15-22(21)28(30)31)35(32,33)27-11-13-34-14-12-27/h1-6,15,18H,7-14H2,(H,25,29). The Labute approximate surface area is 203 Å². The highest BCUT2D eigenvalue weighted by Gasteiger charge is 2.32. The number of nitriles is 1. The Morgan fingerprint density at radius 2 is 1.74 bits per heavy atom. The van der Waals surface area contributed by atoms with Crippen LogP contribution in [0.1, 0.15) is 18.4 Å². The highest BCUT2D eigenvalue weighted by atomic mass is 32.2. The third-order valence-corrected chi connectivity index (χ3v) is 8.13. The predicted molar refractivity (Wildman–Crippen MR) is 127 cm³/mol. The van der Waals surface area contributed by atoms with Gasteiger partial charge in [-0.1, -0.05) is 0 Å².